The predicted molar refractivity (Wildman–Crippen MR) is 72.8 cm³/mol. The van der Waals surface area contributed by atoms with Crippen molar-refractivity contribution in [2.45, 2.75) is 0 Å². The van der Waals surface area contributed by atoms with E-state index in [1.807, 2.05) is 60.7 Å². The fourth-order valence-corrected chi connectivity index (χ4v) is 1.10. The Morgan fingerprint density at radius 1 is 0.789 bits per heavy atom. The molecule has 6 nitrogen and oxygen atoms in total. The lowest BCUT2D eigenvalue weighted by Crippen LogP contribution is -2.08. The van der Waals surface area contributed by atoms with Crippen LogP contribution in [-0.4, -0.2) is 13.0 Å². The van der Waals surface area contributed by atoms with Crippen LogP contribution in [0.4, 0.5) is 11.4 Å². The maximum Gasteiger partial charge on any atom is 0.330 e. The van der Waals surface area contributed by atoms with E-state index in [1.54, 1.807) is 0 Å². The lowest BCUT2D eigenvalue weighted by atomic mass is 10.3. The minimum Gasteiger partial charge on any atom is -0.274 e. The van der Waals surface area contributed by atoms with Crippen LogP contribution in [0.1, 0.15) is 0 Å². The van der Waals surface area contributed by atoms with Crippen LogP contribution in [0.5, 0.6) is 0 Å². The van der Waals surface area contributed by atoms with E-state index in [0.29, 0.717) is 0 Å². The molecule has 0 aliphatic heterocycles. The summed E-state index contributed by atoms with van der Waals surface area (Å²) < 4.78 is 25.2. The van der Waals surface area contributed by atoms with Gasteiger partial charge in [0.05, 0.1) is 11.4 Å². The summed E-state index contributed by atoms with van der Waals surface area (Å²) in [5.74, 6) is 0. The van der Waals surface area contributed by atoms with Crippen LogP contribution in [0.15, 0.2) is 70.9 Å². The van der Waals surface area contributed by atoms with Crippen LogP contribution in [0.25, 0.3) is 0 Å². The van der Waals surface area contributed by atoms with E-state index in [-0.39, 0.29) is 0 Å². The first-order chi connectivity index (χ1) is 8.95. The summed E-state index contributed by atoms with van der Waals surface area (Å²) in [6.07, 6.45) is 0. The Morgan fingerprint density at radius 3 is 1.32 bits per heavy atom. The van der Waals surface area contributed by atoms with Gasteiger partial charge in [0.15, 0.2) is 0 Å². The van der Waals surface area contributed by atoms with Crippen molar-refractivity contribution in [1.29, 1.82) is 0 Å². The molecule has 0 heterocycles. The van der Waals surface area contributed by atoms with Crippen LogP contribution in [-0.2, 0) is 10.3 Å². The van der Waals surface area contributed by atoms with Gasteiger partial charge < -0.3 is 0 Å². The molecule has 0 saturated carbocycles. The van der Waals surface area contributed by atoms with Crippen LogP contribution in [0.3, 0.4) is 0 Å². The van der Waals surface area contributed by atoms with E-state index in [0.717, 1.165) is 11.4 Å². The molecule has 0 atom stereocenters. The molecule has 2 aromatic carbocycles. The maximum atomic E-state index is 8.97. The van der Waals surface area contributed by atoms with Gasteiger partial charge in [-0.25, -0.2) is 5.14 Å². The van der Waals surface area contributed by atoms with Crippen molar-refractivity contribution >= 4 is 21.7 Å². The van der Waals surface area contributed by atoms with Gasteiger partial charge in [-0.05, 0) is 24.3 Å². The number of nitrogens with two attached hydrogens (primary N) is 1. The Morgan fingerprint density at radius 2 is 1.05 bits per heavy atom. The Kier molecular flexibility index (Phi) is 5.80. The highest BCUT2D eigenvalue weighted by molar-refractivity contribution is 7.83. The van der Waals surface area contributed by atoms with Crippen molar-refractivity contribution in [3.63, 3.8) is 0 Å². The van der Waals surface area contributed by atoms with Crippen LogP contribution < -0.4 is 5.14 Å². The normalized spacial score (nSPS) is 10.8. The molecule has 0 spiro atoms. The summed E-state index contributed by atoms with van der Waals surface area (Å²) in [6, 6.07) is 19.4. The number of nitrogens with zero attached hydrogens (tertiary/aromatic N) is 2. The molecule has 2 aromatic rings. The predicted octanol–water partition coefficient (Wildman–Crippen LogP) is 2.85. The molecule has 0 aliphatic carbocycles. The van der Waals surface area contributed by atoms with Crippen molar-refractivity contribution in [3.8, 4) is 0 Å². The van der Waals surface area contributed by atoms with E-state index in [4.69, 9.17) is 13.0 Å². The summed E-state index contributed by atoms with van der Waals surface area (Å²) in [6.45, 7) is 0. The minimum atomic E-state index is -4.17. The molecular weight excluding hydrogens is 266 g/mol. The molecule has 0 aromatic heterocycles. The van der Waals surface area contributed by atoms with E-state index in [2.05, 4.69) is 15.4 Å². The summed E-state index contributed by atoms with van der Waals surface area (Å²) in [5.41, 5.74) is 1.74. The molecule has 0 bridgehead atoms. The lowest BCUT2D eigenvalue weighted by molar-refractivity contribution is 0.485. The number of hydrogen-bond donors (Lipinski definition) is 2. The monoisotopic (exact) mass is 279 g/mol. The maximum absolute atomic E-state index is 8.97. The van der Waals surface area contributed by atoms with Crippen molar-refractivity contribution in [3.05, 3.63) is 60.7 Å². The van der Waals surface area contributed by atoms with Crippen molar-refractivity contribution in [2.24, 2.45) is 15.4 Å². The molecule has 0 amide bonds. The summed E-state index contributed by atoms with van der Waals surface area (Å²) in [7, 11) is -4.17. The molecule has 0 unspecified atom stereocenters. The highest BCUT2D eigenvalue weighted by Gasteiger charge is 1.86. The zero-order chi connectivity index (χ0) is 14.1. The summed E-state index contributed by atoms with van der Waals surface area (Å²) >= 11 is 0. The highest BCUT2D eigenvalue weighted by Crippen LogP contribution is 2.16. The van der Waals surface area contributed by atoms with Crippen LogP contribution in [0.2, 0.25) is 0 Å². The molecule has 0 saturated heterocycles. The first-order valence-electron chi connectivity index (χ1n) is 5.22. The standard InChI is InChI=1S/C12H10N2.H3NO3S/c1-3-7-11(8-4-1)13-14-12-9-5-2-6-10-12;1-5(2,3)4/h1-10H;(H3,1,2,3,4). The third-order valence-corrected chi connectivity index (χ3v) is 1.79. The van der Waals surface area contributed by atoms with Crippen molar-refractivity contribution in [1.82, 2.24) is 0 Å². The highest BCUT2D eigenvalue weighted by atomic mass is 32.2. The Labute approximate surface area is 111 Å². The molecule has 19 heavy (non-hydrogen) atoms. The average Bonchev–Trinajstić information content (AvgIpc) is 2.37. The van der Waals surface area contributed by atoms with Gasteiger partial charge in [-0.2, -0.15) is 18.6 Å². The Hall–Kier alpha value is -2.09. The molecule has 100 valence electrons. The largest absolute Gasteiger partial charge is 0.330 e. The SMILES string of the molecule is NS(=O)(=O)O.c1ccc(N=Nc2ccccc2)cc1. The topological polar surface area (TPSA) is 105 Å². The van der Waals surface area contributed by atoms with Gasteiger partial charge in [-0.1, -0.05) is 36.4 Å². The van der Waals surface area contributed by atoms with Gasteiger partial charge >= 0.3 is 10.3 Å². The Bertz CT molecular complexity index is 564. The average molecular weight is 279 g/mol. The molecular formula is C12H13N3O3S. The van der Waals surface area contributed by atoms with Crippen LogP contribution in [0, 0.1) is 0 Å². The fourth-order valence-electron chi connectivity index (χ4n) is 1.10. The second-order valence-electron chi connectivity index (χ2n) is 3.39. The lowest BCUT2D eigenvalue weighted by Gasteiger charge is -1.91. The van der Waals surface area contributed by atoms with Crippen LogP contribution >= 0.6 is 0 Å². The molecule has 7 heteroatoms. The van der Waals surface area contributed by atoms with E-state index in [1.165, 1.54) is 0 Å². The summed E-state index contributed by atoms with van der Waals surface area (Å²) in [4.78, 5) is 0. The zero-order valence-electron chi connectivity index (χ0n) is 9.92. The number of rotatable bonds is 2. The van der Waals surface area contributed by atoms with Crippen molar-refractivity contribution < 1.29 is 13.0 Å². The second-order valence-corrected chi connectivity index (χ2v) is 4.42. The van der Waals surface area contributed by atoms with E-state index < -0.39 is 10.3 Å². The van der Waals surface area contributed by atoms with Gasteiger partial charge in [-0.15, -0.1) is 0 Å². The number of benzene rings is 2. The van der Waals surface area contributed by atoms with Gasteiger partial charge in [0.2, 0.25) is 0 Å². The van der Waals surface area contributed by atoms with E-state index in [9.17, 15) is 0 Å². The van der Waals surface area contributed by atoms with Gasteiger partial charge in [-0.3, -0.25) is 4.55 Å². The Balaban J connectivity index is 0.000000312. The van der Waals surface area contributed by atoms with Crippen molar-refractivity contribution in [2.75, 3.05) is 0 Å². The van der Waals surface area contributed by atoms with Gasteiger partial charge in [0.1, 0.15) is 0 Å². The fraction of sp³-hybridized carbons (Fsp3) is 0. The molecule has 2 rings (SSSR count). The molecule has 0 radical (unpaired) electrons. The molecule has 0 aliphatic rings. The first-order valence-corrected chi connectivity index (χ1v) is 6.72. The smallest absolute Gasteiger partial charge is 0.274 e. The zero-order valence-corrected chi connectivity index (χ0v) is 10.7. The molecule has 0 fully saturated rings. The molecule has 3 N–H and O–H groups in total. The number of hydrogen-bond acceptors (Lipinski definition) is 4. The minimum absolute atomic E-state index is 0.872. The second kappa shape index (κ2) is 7.37. The van der Waals surface area contributed by atoms with Gasteiger partial charge in [0.25, 0.3) is 0 Å². The third kappa shape index (κ3) is 8.61. The quantitative estimate of drug-likeness (QED) is 0.652. The first kappa shape index (κ1) is 15.0. The summed E-state index contributed by atoms with van der Waals surface area (Å²) in [5, 5.41) is 12.1. The number of azo groups is 1. The van der Waals surface area contributed by atoms with E-state index >= 15 is 0 Å². The third-order valence-electron chi connectivity index (χ3n) is 1.79. The van der Waals surface area contributed by atoms with Gasteiger partial charge in [0, 0.05) is 0 Å².